The van der Waals surface area contributed by atoms with E-state index in [9.17, 15) is 14.4 Å². The Balaban J connectivity index is 2.34. The van der Waals surface area contributed by atoms with Crippen LogP contribution in [0.1, 0.15) is 19.8 Å². The fraction of sp³-hybridized carbons (Fsp3) is 0.625. The van der Waals surface area contributed by atoms with Crippen molar-refractivity contribution in [2.75, 3.05) is 6.54 Å². The van der Waals surface area contributed by atoms with Crippen LogP contribution in [-0.4, -0.2) is 30.2 Å². The zero-order valence-corrected chi connectivity index (χ0v) is 7.42. The zero-order valence-electron chi connectivity index (χ0n) is 7.42. The third-order valence-corrected chi connectivity index (χ3v) is 1.92. The number of carbonyl (C=O) groups is 3. The number of amides is 2. The highest BCUT2D eigenvalue weighted by molar-refractivity contribution is 6.35. The number of hydrogen-bond donors (Lipinski definition) is 2. The van der Waals surface area contributed by atoms with Crippen LogP contribution in [-0.2, 0) is 14.4 Å². The molecule has 5 heteroatoms. The van der Waals surface area contributed by atoms with Crippen molar-refractivity contribution in [1.82, 2.24) is 10.6 Å². The lowest BCUT2D eigenvalue weighted by Crippen LogP contribution is -2.49. The number of carbonyl (C=O) groups excluding carboxylic acids is 3. The van der Waals surface area contributed by atoms with Gasteiger partial charge in [0.2, 0.25) is 11.7 Å². The average Bonchev–Trinajstić information content (AvgIpc) is 2.08. The predicted octanol–water partition coefficient (Wildman–Crippen LogP) is -1.03. The lowest BCUT2D eigenvalue weighted by Gasteiger charge is -2.22. The van der Waals surface area contributed by atoms with Crippen molar-refractivity contribution in [2.24, 2.45) is 0 Å². The van der Waals surface area contributed by atoms with Gasteiger partial charge in [0, 0.05) is 25.9 Å². The molecule has 1 aliphatic heterocycles. The SMILES string of the molecule is CC(=O)C(=O)NC1CCC(=O)NC1. The van der Waals surface area contributed by atoms with Gasteiger partial charge in [-0.3, -0.25) is 14.4 Å². The molecule has 2 amide bonds. The van der Waals surface area contributed by atoms with Crippen molar-refractivity contribution >= 4 is 17.6 Å². The first-order valence-electron chi connectivity index (χ1n) is 4.17. The maximum Gasteiger partial charge on any atom is 0.287 e. The maximum atomic E-state index is 10.9. The molecule has 1 heterocycles. The molecule has 0 aromatic rings. The van der Waals surface area contributed by atoms with Crippen LogP contribution in [0.25, 0.3) is 0 Å². The van der Waals surface area contributed by atoms with E-state index in [1.54, 1.807) is 0 Å². The van der Waals surface area contributed by atoms with Crippen LogP contribution in [0.5, 0.6) is 0 Å². The van der Waals surface area contributed by atoms with Crippen LogP contribution in [0.15, 0.2) is 0 Å². The largest absolute Gasteiger partial charge is 0.354 e. The lowest BCUT2D eigenvalue weighted by molar-refractivity contribution is -0.137. The standard InChI is InChI=1S/C8H12N2O3/c1-5(11)8(13)10-6-2-3-7(12)9-4-6/h6H,2-4H2,1H3,(H,9,12)(H,10,13). The van der Waals surface area contributed by atoms with Crippen LogP contribution >= 0.6 is 0 Å². The van der Waals surface area contributed by atoms with E-state index < -0.39 is 11.7 Å². The molecule has 0 spiro atoms. The summed E-state index contributed by atoms with van der Waals surface area (Å²) in [5.41, 5.74) is 0. The topological polar surface area (TPSA) is 75.3 Å². The van der Waals surface area contributed by atoms with Gasteiger partial charge < -0.3 is 10.6 Å². The summed E-state index contributed by atoms with van der Waals surface area (Å²) in [5.74, 6) is -1.09. The smallest absolute Gasteiger partial charge is 0.287 e. The molecular formula is C8H12N2O3. The molecule has 0 aromatic heterocycles. The minimum atomic E-state index is -0.582. The Morgan fingerprint density at radius 1 is 1.54 bits per heavy atom. The summed E-state index contributed by atoms with van der Waals surface area (Å²) in [6, 6.07) is -0.103. The second kappa shape index (κ2) is 4.02. The van der Waals surface area contributed by atoms with Crippen LogP contribution in [0, 0.1) is 0 Å². The Labute approximate surface area is 75.9 Å². The molecular weight excluding hydrogens is 172 g/mol. The zero-order chi connectivity index (χ0) is 9.84. The number of nitrogens with one attached hydrogen (secondary N) is 2. The van der Waals surface area contributed by atoms with Gasteiger partial charge >= 0.3 is 0 Å². The fourth-order valence-corrected chi connectivity index (χ4v) is 1.14. The molecule has 5 nitrogen and oxygen atoms in total. The number of ketones is 1. The monoisotopic (exact) mass is 184 g/mol. The molecule has 1 unspecified atom stereocenters. The summed E-state index contributed by atoms with van der Waals surface area (Å²) >= 11 is 0. The number of Topliss-reactive ketones (excluding diaryl/α,β-unsaturated/α-hetero) is 1. The molecule has 2 N–H and O–H groups in total. The molecule has 72 valence electrons. The third-order valence-electron chi connectivity index (χ3n) is 1.92. The normalized spacial score (nSPS) is 21.9. The predicted molar refractivity (Wildman–Crippen MR) is 44.9 cm³/mol. The van der Waals surface area contributed by atoms with E-state index in [2.05, 4.69) is 10.6 Å². The van der Waals surface area contributed by atoms with Crippen molar-refractivity contribution in [3.63, 3.8) is 0 Å². The number of hydrogen-bond acceptors (Lipinski definition) is 3. The molecule has 0 radical (unpaired) electrons. The maximum absolute atomic E-state index is 10.9. The van der Waals surface area contributed by atoms with E-state index in [4.69, 9.17) is 0 Å². The quantitative estimate of drug-likeness (QED) is 0.539. The molecule has 0 saturated carbocycles. The summed E-state index contributed by atoms with van der Waals surface area (Å²) < 4.78 is 0. The Hall–Kier alpha value is -1.39. The first-order valence-corrected chi connectivity index (χ1v) is 4.17. The Morgan fingerprint density at radius 2 is 2.23 bits per heavy atom. The van der Waals surface area contributed by atoms with Gasteiger partial charge in [0.1, 0.15) is 0 Å². The van der Waals surface area contributed by atoms with Crippen LogP contribution in [0.2, 0.25) is 0 Å². The van der Waals surface area contributed by atoms with Gasteiger partial charge in [0.05, 0.1) is 0 Å². The number of piperidine rings is 1. The van der Waals surface area contributed by atoms with E-state index >= 15 is 0 Å². The third kappa shape index (κ3) is 2.85. The molecule has 0 aliphatic carbocycles. The van der Waals surface area contributed by atoms with Gasteiger partial charge in [-0.15, -0.1) is 0 Å². The molecule has 1 rings (SSSR count). The van der Waals surface area contributed by atoms with Crippen molar-refractivity contribution in [3.8, 4) is 0 Å². The summed E-state index contributed by atoms with van der Waals surface area (Å²) in [4.78, 5) is 32.2. The van der Waals surface area contributed by atoms with Crippen LogP contribution in [0.3, 0.4) is 0 Å². The molecule has 13 heavy (non-hydrogen) atoms. The van der Waals surface area contributed by atoms with Crippen molar-refractivity contribution in [1.29, 1.82) is 0 Å². The molecule has 1 atom stereocenters. The van der Waals surface area contributed by atoms with E-state index in [0.717, 1.165) is 0 Å². The van der Waals surface area contributed by atoms with E-state index in [0.29, 0.717) is 19.4 Å². The second-order valence-electron chi connectivity index (χ2n) is 3.07. The molecule has 0 aromatic carbocycles. The van der Waals surface area contributed by atoms with Gasteiger partial charge in [0.15, 0.2) is 0 Å². The van der Waals surface area contributed by atoms with E-state index in [1.807, 2.05) is 0 Å². The highest BCUT2D eigenvalue weighted by Gasteiger charge is 2.20. The van der Waals surface area contributed by atoms with Gasteiger partial charge in [-0.25, -0.2) is 0 Å². The number of rotatable bonds is 2. The van der Waals surface area contributed by atoms with E-state index in [-0.39, 0.29) is 11.9 Å². The summed E-state index contributed by atoms with van der Waals surface area (Å²) in [7, 11) is 0. The Morgan fingerprint density at radius 3 is 2.69 bits per heavy atom. The highest BCUT2D eigenvalue weighted by Crippen LogP contribution is 2.02. The minimum absolute atomic E-state index is 0.00618. The highest BCUT2D eigenvalue weighted by atomic mass is 16.2. The minimum Gasteiger partial charge on any atom is -0.354 e. The van der Waals surface area contributed by atoms with Crippen LogP contribution in [0.4, 0.5) is 0 Å². The first kappa shape index (κ1) is 9.70. The molecule has 1 saturated heterocycles. The van der Waals surface area contributed by atoms with E-state index in [1.165, 1.54) is 6.92 Å². The first-order chi connectivity index (χ1) is 6.09. The van der Waals surface area contributed by atoms with Gasteiger partial charge in [-0.2, -0.15) is 0 Å². The van der Waals surface area contributed by atoms with Crippen LogP contribution < -0.4 is 10.6 Å². The van der Waals surface area contributed by atoms with Crippen molar-refractivity contribution in [2.45, 2.75) is 25.8 Å². The van der Waals surface area contributed by atoms with Crippen molar-refractivity contribution in [3.05, 3.63) is 0 Å². The fourth-order valence-electron chi connectivity index (χ4n) is 1.14. The second-order valence-corrected chi connectivity index (χ2v) is 3.07. The summed E-state index contributed by atoms with van der Waals surface area (Å²) in [6.45, 7) is 1.63. The lowest BCUT2D eigenvalue weighted by atomic mass is 10.1. The summed E-state index contributed by atoms with van der Waals surface area (Å²) in [5, 5.41) is 5.15. The molecule has 0 bridgehead atoms. The van der Waals surface area contributed by atoms with Gasteiger partial charge in [-0.05, 0) is 6.42 Å². The molecule has 1 fully saturated rings. The Kier molecular flexibility index (Phi) is 3.00. The average molecular weight is 184 g/mol. The molecule has 1 aliphatic rings. The van der Waals surface area contributed by atoms with Gasteiger partial charge in [-0.1, -0.05) is 0 Å². The van der Waals surface area contributed by atoms with Gasteiger partial charge in [0.25, 0.3) is 5.91 Å². The van der Waals surface area contributed by atoms with Crippen molar-refractivity contribution < 1.29 is 14.4 Å². The Bertz CT molecular complexity index is 240. The summed E-state index contributed by atoms with van der Waals surface area (Å²) in [6.07, 6.45) is 1.01.